The van der Waals surface area contributed by atoms with Crippen LogP contribution in [0.4, 0.5) is 10.3 Å². The predicted octanol–water partition coefficient (Wildman–Crippen LogP) is 2.31. The summed E-state index contributed by atoms with van der Waals surface area (Å²) in [6.45, 7) is 2.62. The molecule has 1 unspecified atom stereocenters. The molecule has 2 aromatic rings. The third-order valence-electron chi connectivity index (χ3n) is 3.74. The summed E-state index contributed by atoms with van der Waals surface area (Å²) in [7, 11) is 1.59. The molecule has 1 aliphatic heterocycles. The van der Waals surface area contributed by atoms with E-state index in [0.29, 0.717) is 17.9 Å². The molecule has 6 heteroatoms. The van der Waals surface area contributed by atoms with Gasteiger partial charge < -0.3 is 10.1 Å². The van der Waals surface area contributed by atoms with Gasteiger partial charge in [0.2, 0.25) is 11.8 Å². The Kier molecular flexibility index (Phi) is 4.48. The fraction of sp³-hybridized carbons (Fsp3) is 0.375. The molecule has 5 nitrogen and oxygen atoms in total. The summed E-state index contributed by atoms with van der Waals surface area (Å²) in [5.41, 5.74) is 0.998. The standard InChI is InChI=1S/C16H19FN4O/c1-22-15-5-7-18-16(20-15)19-14-6-8-21(11-14)10-12-3-2-4-13(17)9-12/h2-5,7,9,14H,6,8,10-11H2,1H3,(H,18,19,20). The van der Waals surface area contributed by atoms with Crippen molar-refractivity contribution < 1.29 is 9.13 Å². The zero-order valence-corrected chi connectivity index (χ0v) is 12.5. The molecular formula is C16H19FN4O. The van der Waals surface area contributed by atoms with Gasteiger partial charge in [-0.2, -0.15) is 4.98 Å². The van der Waals surface area contributed by atoms with E-state index in [-0.39, 0.29) is 5.82 Å². The average molecular weight is 302 g/mol. The molecule has 1 aromatic carbocycles. The Balaban J connectivity index is 1.55. The van der Waals surface area contributed by atoms with Gasteiger partial charge in [0.05, 0.1) is 7.11 Å². The largest absolute Gasteiger partial charge is 0.481 e. The van der Waals surface area contributed by atoms with Crippen molar-refractivity contribution >= 4 is 5.95 Å². The van der Waals surface area contributed by atoms with Crippen LogP contribution in [0.2, 0.25) is 0 Å². The highest BCUT2D eigenvalue weighted by Gasteiger charge is 2.23. The maximum atomic E-state index is 13.2. The van der Waals surface area contributed by atoms with Crippen LogP contribution in [0.3, 0.4) is 0 Å². The summed E-state index contributed by atoms with van der Waals surface area (Å²) in [6.07, 6.45) is 2.68. The minimum absolute atomic E-state index is 0.184. The molecule has 22 heavy (non-hydrogen) atoms. The molecule has 1 saturated heterocycles. The molecule has 0 amide bonds. The van der Waals surface area contributed by atoms with Crippen LogP contribution in [0.15, 0.2) is 36.5 Å². The molecule has 0 aliphatic carbocycles. The van der Waals surface area contributed by atoms with E-state index in [9.17, 15) is 4.39 Å². The number of hydrogen-bond acceptors (Lipinski definition) is 5. The Morgan fingerprint density at radius 2 is 2.32 bits per heavy atom. The van der Waals surface area contributed by atoms with Crippen LogP contribution in [0.25, 0.3) is 0 Å². The maximum absolute atomic E-state index is 13.2. The summed E-state index contributed by atoms with van der Waals surface area (Å²) in [4.78, 5) is 10.8. The van der Waals surface area contributed by atoms with Gasteiger partial charge in [-0.1, -0.05) is 12.1 Å². The van der Waals surface area contributed by atoms with E-state index in [1.54, 1.807) is 31.5 Å². The van der Waals surface area contributed by atoms with Gasteiger partial charge in [0.15, 0.2) is 0 Å². The zero-order chi connectivity index (χ0) is 15.4. The van der Waals surface area contributed by atoms with E-state index in [1.807, 2.05) is 6.07 Å². The van der Waals surface area contributed by atoms with Crippen molar-refractivity contribution in [2.45, 2.75) is 19.0 Å². The van der Waals surface area contributed by atoms with Crippen LogP contribution in [0.1, 0.15) is 12.0 Å². The number of aromatic nitrogens is 2. The first-order chi connectivity index (χ1) is 10.7. The van der Waals surface area contributed by atoms with Crippen LogP contribution in [0.5, 0.6) is 5.88 Å². The zero-order valence-electron chi connectivity index (χ0n) is 12.5. The number of methoxy groups -OCH3 is 1. The highest BCUT2D eigenvalue weighted by Crippen LogP contribution is 2.17. The molecule has 0 saturated carbocycles. The molecule has 0 radical (unpaired) electrons. The lowest BCUT2D eigenvalue weighted by Gasteiger charge is -2.17. The second-order valence-electron chi connectivity index (χ2n) is 5.42. The Morgan fingerprint density at radius 3 is 3.14 bits per heavy atom. The summed E-state index contributed by atoms with van der Waals surface area (Å²) in [5, 5.41) is 3.32. The van der Waals surface area contributed by atoms with Crippen molar-refractivity contribution in [3.05, 3.63) is 47.9 Å². The average Bonchev–Trinajstić information content (AvgIpc) is 2.94. The second-order valence-corrected chi connectivity index (χ2v) is 5.42. The minimum atomic E-state index is -0.184. The SMILES string of the molecule is COc1ccnc(NC2CCN(Cc3cccc(F)c3)C2)n1. The van der Waals surface area contributed by atoms with Crippen LogP contribution in [-0.4, -0.2) is 41.1 Å². The number of anilines is 1. The second kappa shape index (κ2) is 6.70. The number of rotatable bonds is 5. The van der Waals surface area contributed by atoms with Gasteiger partial charge in [-0.3, -0.25) is 4.90 Å². The van der Waals surface area contributed by atoms with E-state index in [0.717, 1.165) is 31.6 Å². The summed E-state index contributed by atoms with van der Waals surface area (Å²) < 4.78 is 18.3. The normalized spacial score (nSPS) is 18.4. The monoisotopic (exact) mass is 302 g/mol. The van der Waals surface area contributed by atoms with Crippen LogP contribution >= 0.6 is 0 Å². The number of nitrogens with one attached hydrogen (secondary N) is 1. The Labute approximate surface area is 129 Å². The first-order valence-electron chi connectivity index (χ1n) is 7.33. The molecule has 0 bridgehead atoms. The first kappa shape index (κ1) is 14.7. The molecule has 1 aliphatic rings. The van der Waals surface area contributed by atoms with Gasteiger partial charge in [0, 0.05) is 37.9 Å². The van der Waals surface area contributed by atoms with E-state index >= 15 is 0 Å². The first-order valence-corrected chi connectivity index (χ1v) is 7.33. The highest BCUT2D eigenvalue weighted by atomic mass is 19.1. The predicted molar refractivity (Wildman–Crippen MR) is 82.3 cm³/mol. The molecule has 1 N–H and O–H groups in total. The van der Waals surface area contributed by atoms with Crippen molar-refractivity contribution in [3.63, 3.8) is 0 Å². The summed E-state index contributed by atoms with van der Waals surface area (Å²) >= 11 is 0. The summed E-state index contributed by atoms with van der Waals surface area (Å²) in [5.74, 6) is 0.945. The minimum Gasteiger partial charge on any atom is -0.481 e. The molecule has 3 rings (SSSR count). The van der Waals surface area contributed by atoms with E-state index < -0.39 is 0 Å². The van der Waals surface area contributed by atoms with Crippen molar-refractivity contribution in [1.82, 2.24) is 14.9 Å². The lowest BCUT2D eigenvalue weighted by Crippen LogP contribution is -2.26. The molecule has 1 fully saturated rings. The van der Waals surface area contributed by atoms with Crippen molar-refractivity contribution in [3.8, 4) is 5.88 Å². The molecule has 0 spiro atoms. The van der Waals surface area contributed by atoms with Gasteiger partial charge in [-0.15, -0.1) is 0 Å². The highest BCUT2D eigenvalue weighted by molar-refractivity contribution is 5.29. The van der Waals surface area contributed by atoms with Gasteiger partial charge in [0.1, 0.15) is 5.82 Å². The molecule has 2 heterocycles. The number of benzene rings is 1. The fourth-order valence-corrected chi connectivity index (χ4v) is 2.70. The topological polar surface area (TPSA) is 50.3 Å². The Hall–Kier alpha value is -2.21. The quantitative estimate of drug-likeness (QED) is 0.918. The Bertz CT molecular complexity index is 637. The van der Waals surface area contributed by atoms with Crippen LogP contribution in [0, 0.1) is 5.82 Å². The number of likely N-dealkylation sites (tertiary alicyclic amines) is 1. The smallest absolute Gasteiger partial charge is 0.226 e. The van der Waals surface area contributed by atoms with Gasteiger partial charge in [-0.05, 0) is 24.1 Å². The van der Waals surface area contributed by atoms with E-state index in [4.69, 9.17) is 4.74 Å². The Morgan fingerprint density at radius 1 is 1.41 bits per heavy atom. The third-order valence-corrected chi connectivity index (χ3v) is 3.74. The van der Waals surface area contributed by atoms with Crippen LogP contribution < -0.4 is 10.1 Å². The molecule has 1 aromatic heterocycles. The lowest BCUT2D eigenvalue weighted by atomic mass is 10.2. The molecule has 1 atom stereocenters. The van der Waals surface area contributed by atoms with Gasteiger partial charge >= 0.3 is 0 Å². The maximum Gasteiger partial charge on any atom is 0.226 e. The number of nitrogens with zero attached hydrogens (tertiary/aromatic N) is 3. The fourth-order valence-electron chi connectivity index (χ4n) is 2.70. The number of ether oxygens (including phenoxy) is 1. The van der Waals surface area contributed by atoms with Crippen molar-refractivity contribution in [1.29, 1.82) is 0 Å². The third kappa shape index (κ3) is 3.71. The molecular weight excluding hydrogens is 283 g/mol. The van der Waals surface area contributed by atoms with Crippen LogP contribution in [-0.2, 0) is 6.54 Å². The number of halogens is 1. The molecule has 116 valence electrons. The van der Waals surface area contributed by atoms with E-state index in [2.05, 4.69) is 20.2 Å². The lowest BCUT2D eigenvalue weighted by molar-refractivity contribution is 0.328. The number of hydrogen-bond donors (Lipinski definition) is 1. The van der Waals surface area contributed by atoms with Gasteiger partial charge in [0.25, 0.3) is 0 Å². The van der Waals surface area contributed by atoms with Gasteiger partial charge in [-0.25, -0.2) is 9.37 Å². The van der Waals surface area contributed by atoms with Crippen molar-refractivity contribution in [2.24, 2.45) is 0 Å². The van der Waals surface area contributed by atoms with E-state index in [1.165, 1.54) is 6.07 Å². The van der Waals surface area contributed by atoms with Crippen molar-refractivity contribution in [2.75, 3.05) is 25.5 Å². The summed E-state index contributed by atoms with van der Waals surface area (Å²) in [6, 6.07) is 8.77.